The molecule has 0 heterocycles. The maximum absolute atomic E-state index is 11.3. The maximum Gasteiger partial charge on any atom is 0.221 e. The first kappa shape index (κ1) is 11.7. The van der Waals surface area contributed by atoms with Crippen LogP contribution in [0.4, 0.5) is 0 Å². The first-order chi connectivity index (χ1) is 7.24. The van der Waals surface area contributed by atoms with E-state index in [0.717, 1.165) is 6.54 Å². The predicted molar refractivity (Wildman–Crippen MR) is 61.6 cm³/mol. The van der Waals surface area contributed by atoms with Crippen LogP contribution in [0.1, 0.15) is 17.5 Å². The Bertz CT molecular complexity index is 323. The Balaban J connectivity index is 2.37. The van der Waals surface area contributed by atoms with Crippen molar-refractivity contribution < 1.29 is 4.79 Å². The second-order valence-electron chi connectivity index (χ2n) is 3.56. The van der Waals surface area contributed by atoms with Crippen LogP contribution < -0.4 is 10.6 Å². The van der Waals surface area contributed by atoms with E-state index in [1.807, 2.05) is 25.2 Å². The van der Waals surface area contributed by atoms with Crippen molar-refractivity contribution in [3.8, 4) is 0 Å². The Labute approximate surface area is 90.9 Å². The van der Waals surface area contributed by atoms with Gasteiger partial charge in [0.25, 0.3) is 0 Å². The van der Waals surface area contributed by atoms with E-state index in [2.05, 4.69) is 23.6 Å². The predicted octanol–water partition coefficient (Wildman–Crippen LogP) is 1.22. The lowest BCUT2D eigenvalue weighted by atomic mass is 10.1. The van der Waals surface area contributed by atoms with Crippen LogP contribution >= 0.6 is 0 Å². The minimum atomic E-state index is 0.0904. The van der Waals surface area contributed by atoms with Gasteiger partial charge in [-0.15, -0.1) is 0 Å². The standard InChI is InChI=1S/C12H18N2O/c1-10-5-3-4-6-11(10)9-14-12(15)7-8-13-2/h3-6,13H,7-9H2,1-2H3,(H,14,15). The van der Waals surface area contributed by atoms with E-state index in [4.69, 9.17) is 0 Å². The maximum atomic E-state index is 11.3. The second-order valence-corrected chi connectivity index (χ2v) is 3.56. The molecule has 82 valence electrons. The Hall–Kier alpha value is -1.35. The highest BCUT2D eigenvalue weighted by molar-refractivity contribution is 5.76. The van der Waals surface area contributed by atoms with Crippen LogP contribution in [-0.2, 0) is 11.3 Å². The van der Waals surface area contributed by atoms with Gasteiger partial charge < -0.3 is 10.6 Å². The summed E-state index contributed by atoms with van der Waals surface area (Å²) in [5.41, 5.74) is 2.39. The molecule has 1 rings (SSSR count). The minimum absolute atomic E-state index is 0.0904. The number of carbonyl (C=O) groups excluding carboxylic acids is 1. The largest absolute Gasteiger partial charge is 0.352 e. The molecular formula is C12H18N2O. The molecule has 3 nitrogen and oxygen atoms in total. The zero-order valence-electron chi connectivity index (χ0n) is 9.34. The van der Waals surface area contributed by atoms with Crippen molar-refractivity contribution in [2.24, 2.45) is 0 Å². The van der Waals surface area contributed by atoms with Gasteiger partial charge in [0.15, 0.2) is 0 Å². The first-order valence-electron chi connectivity index (χ1n) is 5.20. The number of rotatable bonds is 5. The summed E-state index contributed by atoms with van der Waals surface area (Å²) in [4.78, 5) is 11.3. The number of benzene rings is 1. The molecule has 0 atom stereocenters. The Morgan fingerprint density at radius 2 is 2.07 bits per heavy atom. The molecule has 0 fully saturated rings. The first-order valence-corrected chi connectivity index (χ1v) is 5.20. The molecule has 0 radical (unpaired) electrons. The van der Waals surface area contributed by atoms with Gasteiger partial charge in [-0.3, -0.25) is 4.79 Å². The van der Waals surface area contributed by atoms with Crippen LogP contribution in [-0.4, -0.2) is 19.5 Å². The van der Waals surface area contributed by atoms with Gasteiger partial charge in [0.05, 0.1) is 0 Å². The van der Waals surface area contributed by atoms with Gasteiger partial charge in [0, 0.05) is 19.5 Å². The number of nitrogens with one attached hydrogen (secondary N) is 2. The number of carbonyl (C=O) groups is 1. The molecule has 15 heavy (non-hydrogen) atoms. The van der Waals surface area contributed by atoms with Crippen LogP contribution in [0.2, 0.25) is 0 Å². The van der Waals surface area contributed by atoms with Crippen LogP contribution in [0.15, 0.2) is 24.3 Å². The van der Waals surface area contributed by atoms with Gasteiger partial charge in [-0.2, -0.15) is 0 Å². The molecule has 0 bridgehead atoms. The van der Waals surface area contributed by atoms with Gasteiger partial charge >= 0.3 is 0 Å². The third kappa shape index (κ3) is 4.13. The Morgan fingerprint density at radius 3 is 2.73 bits per heavy atom. The summed E-state index contributed by atoms with van der Waals surface area (Å²) in [6.45, 7) is 3.39. The quantitative estimate of drug-likeness (QED) is 0.760. The molecule has 1 amide bonds. The minimum Gasteiger partial charge on any atom is -0.352 e. The van der Waals surface area contributed by atoms with Gasteiger partial charge in [-0.25, -0.2) is 0 Å². The van der Waals surface area contributed by atoms with Crippen LogP contribution in [0.5, 0.6) is 0 Å². The fourth-order valence-electron chi connectivity index (χ4n) is 1.33. The molecule has 0 spiro atoms. The average molecular weight is 206 g/mol. The van der Waals surface area contributed by atoms with Crippen molar-refractivity contribution in [3.05, 3.63) is 35.4 Å². The van der Waals surface area contributed by atoms with E-state index >= 15 is 0 Å². The topological polar surface area (TPSA) is 41.1 Å². The SMILES string of the molecule is CNCCC(=O)NCc1ccccc1C. The highest BCUT2D eigenvalue weighted by Crippen LogP contribution is 2.05. The number of amides is 1. The molecule has 1 aromatic rings. The summed E-state index contributed by atoms with van der Waals surface area (Å²) in [6.07, 6.45) is 0.530. The van der Waals surface area contributed by atoms with Gasteiger partial charge in [-0.05, 0) is 25.1 Å². The van der Waals surface area contributed by atoms with Crippen LogP contribution in [0.3, 0.4) is 0 Å². The van der Waals surface area contributed by atoms with E-state index in [0.29, 0.717) is 13.0 Å². The second kappa shape index (κ2) is 6.19. The van der Waals surface area contributed by atoms with Crippen molar-refractivity contribution >= 4 is 5.91 Å². The molecule has 0 aliphatic carbocycles. The van der Waals surface area contributed by atoms with Crippen molar-refractivity contribution in [1.29, 1.82) is 0 Å². The average Bonchev–Trinajstić information content (AvgIpc) is 2.25. The molecule has 1 aromatic carbocycles. The zero-order valence-corrected chi connectivity index (χ0v) is 9.34. The molecule has 0 aliphatic heterocycles. The van der Waals surface area contributed by atoms with Crippen molar-refractivity contribution in [3.63, 3.8) is 0 Å². The van der Waals surface area contributed by atoms with E-state index in [1.165, 1.54) is 11.1 Å². The highest BCUT2D eigenvalue weighted by Gasteiger charge is 2.01. The summed E-state index contributed by atoms with van der Waals surface area (Å²) < 4.78 is 0. The molecule has 0 aromatic heterocycles. The fraction of sp³-hybridized carbons (Fsp3) is 0.417. The zero-order chi connectivity index (χ0) is 11.1. The third-order valence-electron chi connectivity index (χ3n) is 2.34. The summed E-state index contributed by atoms with van der Waals surface area (Å²) in [6, 6.07) is 8.08. The molecule has 0 saturated carbocycles. The molecular weight excluding hydrogens is 188 g/mol. The summed E-state index contributed by atoms with van der Waals surface area (Å²) >= 11 is 0. The monoisotopic (exact) mass is 206 g/mol. The van der Waals surface area contributed by atoms with Gasteiger partial charge in [0.1, 0.15) is 0 Å². The number of hydrogen-bond acceptors (Lipinski definition) is 2. The van der Waals surface area contributed by atoms with Gasteiger partial charge in [-0.1, -0.05) is 24.3 Å². The highest BCUT2D eigenvalue weighted by atomic mass is 16.1. The normalized spacial score (nSPS) is 10.0. The van der Waals surface area contributed by atoms with Crippen LogP contribution in [0, 0.1) is 6.92 Å². The molecule has 0 unspecified atom stereocenters. The lowest BCUT2D eigenvalue weighted by Gasteiger charge is -2.07. The summed E-state index contributed by atoms with van der Waals surface area (Å²) in [7, 11) is 1.84. The summed E-state index contributed by atoms with van der Waals surface area (Å²) in [5.74, 6) is 0.0904. The van der Waals surface area contributed by atoms with Gasteiger partial charge in [0.2, 0.25) is 5.91 Å². The Morgan fingerprint density at radius 1 is 1.33 bits per heavy atom. The lowest BCUT2D eigenvalue weighted by molar-refractivity contribution is -0.121. The van der Waals surface area contributed by atoms with E-state index in [-0.39, 0.29) is 5.91 Å². The number of aryl methyl sites for hydroxylation is 1. The molecule has 0 aliphatic rings. The Kier molecular flexibility index (Phi) is 4.84. The van der Waals surface area contributed by atoms with Crippen molar-refractivity contribution in [1.82, 2.24) is 10.6 Å². The van der Waals surface area contributed by atoms with E-state index < -0.39 is 0 Å². The molecule has 2 N–H and O–H groups in total. The molecule has 3 heteroatoms. The molecule has 0 saturated heterocycles. The third-order valence-corrected chi connectivity index (χ3v) is 2.34. The number of hydrogen-bond donors (Lipinski definition) is 2. The smallest absolute Gasteiger partial charge is 0.221 e. The van der Waals surface area contributed by atoms with Crippen molar-refractivity contribution in [2.75, 3.05) is 13.6 Å². The van der Waals surface area contributed by atoms with Crippen LogP contribution in [0.25, 0.3) is 0 Å². The lowest BCUT2D eigenvalue weighted by Crippen LogP contribution is -2.26. The fourth-order valence-corrected chi connectivity index (χ4v) is 1.33. The summed E-state index contributed by atoms with van der Waals surface area (Å²) in [5, 5.41) is 5.84. The van der Waals surface area contributed by atoms with E-state index in [1.54, 1.807) is 0 Å². The van der Waals surface area contributed by atoms with Crippen molar-refractivity contribution in [2.45, 2.75) is 19.9 Å². The van der Waals surface area contributed by atoms with E-state index in [9.17, 15) is 4.79 Å².